The number of benzene rings is 3. The third-order valence-corrected chi connectivity index (χ3v) is 10.6. The van der Waals surface area contributed by atoms with Gasteiger partial charge in [-0.3, -0.25) is 29.5 Å². The van der Waals surface area contributed by atoms with Crippen LogP contribution in [0.4, 0.5) is 5.69 Å². The minimum Gasteiger partial charge on any atom is -0.508 e. The van der Waals surface area contributed by atoms with E-state index in [1.165, 1.54) is 18.0 Å². The summed E-state index contributed by atoms with van der Waals surface area (Å²) in [5, 5.41) is 11.8. The Bertz CT molecular complexity index is 1790. The lowest BCUT2D eigenvalue weighted by molar-refractivity contribution is -0.140. The van der Waals surface area contributed by atoms with Crippen molar-refractivity contribution in [2.75, 3.05) is 19.6 Å². The summed E-state index contributed by atoms with van der Waals surface area (Å²) in [5.74, 6) is -4.09. The number of nitrogens with one attached hydrogen (secondary N) is 1. The van der Waals surface area contributed by atoms with E-state index in [4.69, 9.17) is 27.9 Å². The van der Waals surface area contributed by atoms with Crippen molar-refractivity contribution in [3.8, 4) is 11.5 Å². The second-order valence-corrected chi connectivity index (χ2v) is 12.9. The summed E-state index contributed by atoms with van der Waals surface area (Å²) in [7, 11) is 3.04. The molecule has 2 saturated heterocycles. The average Bonchev–Trinajstić information content (AvgIpc) is 3.39. The molecule has 230 valence electrons. The zero-order valence-electron chi connectivity index (χ0n) is 24.4. The number of hydrazine groups is 1. The Morgan fingerprint density at radius 2 is 1.62 bits per heavy atom. The van der Waals surface area contributed by atoms with Crippen molar-refractivity contribution in [2.45, 2.75) is 24.2 Å². The number of aromatic hydroxyl groups is 1. The number of phenolic OH excluding ortho intramolecular Hbond substituents is 1. The molecule has 2 aliphatic carbocycles. The van der Waals surface area contributed by atoms with Gasteiger partial charge in [0.1, 0.15) is 11.5 Å². The molecule has 2 heterocycles. The number of hydrogen-bond donors (Lipinski definition) is 2. The fourth-order valence-electron chi connectivity index (χ4n) is 8.04. The van der Waals surface area contributed by atoms with Crippen LogP contribution >= 0.6 is 23.2 Å². The summed E-state index contributed by atoms with van der Waals surface area (Å²) in [6.45, 7) is 0. The van der Waals surface area contributed by atoms with Crippen LogP contribution in [0.3, 0.4) is 0 Å². The standard InChI is InChI=1S/C34H29Cl2N3O6/c1-38-30(41)23-13-12-22-24(28(23)32(38)43)16-25-31(42)39(37-27-14-7-19(35)15-26(27)36)33(44)34(25,18-5-10-21(45-2)11-6-18)29(22)17-3-8-20(40)9-4-17/h3-12,14-15,23-25,28-29,37,40H,13,16H2,1-2H3. The zero-order valence-corrected chi connectivity index (χ0v) is 25.9. The van der Waals surface area contributed by atoms with Gasteiger partial charge in [-0.2, -0.15) is 5.01 Å². The van der Waals surface area contributed by atoms with Gasteiger partial charge in [0.05, 0.1) is 41.0 Å². The summed E-state index contributed by atoms with van der Waals surface area (Å²) in [5.41, 5.74) is 3.97. The summed E-state index contributed by atoms with van der Waals surface area (Å²) in [6.07, 6.45) is 2.50. The molecule has 0 aromatic heterocycles. The van der Waals surface area contributed by atoms with Crippen molar-refractivity contribution in [3.63, 3.8) is 0 Å². The molecule has 2 N–H and O–H groups in total. The molecule has 3 fully saturated rings. The number of allylic oxidation sites excluding steroid dienone is 2. The maximum atomic E-state index is 15.1. The number of nitrogens with zero attached hydrogens (tertiary/aromatic N) is 2. The van der Waals surface area contributed by atoms with Crippen molar-refractivity contribution >= 4 is 52.5 Å². The molecule has 4 aliphatic rings. The van der Waals surface area contributed by atoms with Crippen LogP contribution < -0.4 is 10.2 Å². The van der Waals surface area contributed by atoms with E-state index in [0.29, 0.717) is 34.0 Å². The number of anilines is 1. The quantitative estimate of drug-likeness (QED) is 0.285. The maximum absolute atomic E-state index is 15.1. The topological polar surface area (TPSA) is 116 Å². The summed E-state index contributed by atoms with van der Waals surface area (Å²) in [4.78, 5) is 57.5. The molecule has 6 unspecified atom stereocenters. The van der Waals surface area contributed by atoms with Crippen LogP contribution in [0.15, 0.2) is 78.4 Å². The minimum absolute atomic E-state index is 0.0477. The highest BCUT2D eigenvalue weighted by molar-refractivity contribution is 6.36. The first-order valence-corrected chi connectivity index (χ1v) is 15.4. The Kier molecular flexibility index (Phi) is 6.94. The number of fused-ring (bicyclic) bond motifs is 4. The third-order valence-electron chi connectivity index (χ3n) is 10.0. The third kappa shape index (κ3) is 4.20. The van der Waals surface area contributed by atoms with Crippen molar-refractivity contribution in [1.29, 1.82) is 0 Å². The molecule has 7 rings (SSSR count). The van der Waals surface area contributed by atoms with Crippen LogP contribution in [0.25, 0.3) is 0 Å². The molecule has 9 nitrogen and oxygen atoms in total. The van der Waals surface area contributed by atoms with Crippen molar-refractivity contribution < 1.29 is 29.0 Å². The lowest BCUT2D eigenvalue weighted by Crippen LogP contribution is -2.53. The fraction of sp³-hybridized carbons (Fsp3) is 0.294. The largest absolute Gasteiger partial charge is 0.508 e. The van der Waals surface area contributed by atoms with E-state index in [9.17, 15) is 19.5 Å². The van der Waals surface area contributed by atoms with Crippen LogP contribution in [0, 0.1) is 23.7 Å². The van der Waals surface area contributed by atoms with Gasteiger partial charge in [0.15, 0.2) is 0 Å². The number of ether oxygens (including phenoxy) is 1. The number of halogens is 2. The fourth-order valence-corrected chi connectivity index (χ4v) is 8.49. The Hall–Kier alpha value is -4.34. The molecular weight excluding hydrogens is 617 g/mol. The molecular formula is C34H29Cl2N3O6. The number of imide groups is 2. The number of carbonyl (C=O) groups is 4. The van der Waals surface area contributed by atoms with E-state index in [1.54, 1.807) is 67.8 Å². The van der Waals surface area contributed by atoms with Crippen LogP contribution in [-0.4, -0.2) is 52.8 Å². The number of amides is 4. The first-order valence-electron chi connectivity index (χ1n) is 14.6. The van der Waals surface area contributed by atoms with Crippen molar-refractivity contribution in [3.05, 3.63) is 99.6 Å². The first kappa shape index (κ1) is 29.4. The Morgan fingerprint density at radius 1 is 0.911 bits per heavy atom. The molecule has 0 radical (unpaired) electrons. The first-order chi connectivity index (χ1) is 21.6. The number of phenols is 1. The molecule has 45 heavy (non-hydrogen) atoms. The zero-order chi connectivity index (χ0) is 31.8. The van der Waals surface area contributed by atoms with Gasteiger partial charge in [0.2, 0.25) is 11.8 Å². The average molecular weight is 647 g/mol. The van der Waals surface area contributed by atoms with Gasteiger partial charge < -0.3 is 9.84 Å². The maximum Gasteiger partial charge on any atom is 0.260 e. The monoisotopic (exact) mass is 645 g/mol. The number of methoxy groups -OCH3 is 1. The van der Waals surface area contributed by atoms with E-state index < -0.39 is 46.8 Å². The van der Waals surface area contributed by atoms with Gasteiger partial charge >= 0.3 is 0 Å². The second-order valence-electron chi connectivity index (χ2n) is 12.0. The van der Waals surface area contributed by atoms with Crippen LogP contribution in [-0.2, 0) is 24.6 Å². The molecule has 11 heteroatoms. The molecule has 3 aromatic carbocycles. The van der Waals surface area contributed by atoms with Crippen molar-refractivity contribution in [1.82, 2.24) is 9.91 Å². The molecule has 4 amide bonds. The highest BCUT2D eigenvalue weighted by Gasteiger charge is 2.70. The van der Waals surface area contributed by atoms with Gasteiger partial charge in [-0.25, -0.2) is 0 Å². The number of rotatable bonds is 5. The van der Waals surface area contributed by atoms with E-state index in [0.717, 1.165) is 10.6 Å². The number of hydrogen-bond acceptors (Lipinski definition) is 7. The summed E-state index contributed by atoms with van der Waals surface area (Å²) < 4.78 is 5.41. The second kappa shape index (κ2) is 10.6. The van der Waals surface area contributed by atoms with Gasteiger partial charge in [0, 0.05) is 18.0 Å². The van der Waals surface area contributed by atoms with E-state index >= 15 is 4.79 Å². The molecule has 6 atom stereocenters. The normalized spacial score (nSPS) is 28.9. The van der Waals surface area contributed by atoms with E-state index in [1.807, 2.05) is 6.08 Å². The summed E-state index contributed by atoms with van der Waals surface area (Å²) >= 11 is 12.6. The smallest absolute Gasteiger partial charge is 0.260 e. The number of likely N-dealkylation sites (tertiary alicyclic amines) is 1. The van der Waals surface area contributed by atoms with Gasteiger partial charge in [-0.15, -0.1) is 0 Å². The Morgan fingerprint density at radius 3 is 2.29 bits per heavy atom. The van der Waals surface area contributed by atoms with Gasteiger partial charge in [-0.05, 0) is 72.4 Å². The molecule has 2 aliphatic heterocycles. The number of carbonyl (C=O) groups excluding carboxylic acids is 4. The molecule has 0 spiro atoms. The van der Waals surface area contributed by atoms with E-state index in [-0.39, 0.29) is 29.0 Å². The Labute approximate surface area is 269 Å². The predicted molar refractivity (Wildman–Crippen MR) is 167 cm³/mol. The molecule has 0 bridgehead atoms. The lowest BCUT2D eigenvalue weighted by Gasteiger charge is -2.50. The SMILES string of the molecule is COc1ccc(C23C(=O)N(Nc4ccc(Cl)cc4Cl)C(=O)C2CC2C(=CCC4C(=O)N(C)C(=O)C42)C3c2ccc(O)cc2)cc1. The predicted octanol–water partition coefficient (Wildman–Crippen LogP) is 5.32. The Balaban J connectivity index is 1.46. The lowest BCUT2D eigenvalue weighted by atomic mass is 9.49. The van der Waals surface area contributed by atoms with Crippen LogP contribution in [0.2, 0.25) is 10.0 Å². The molecule has 3 aromatic rings. The van der Waals surface area contributed by atoms with Crippen LogP contribution in [0.1, 0.15) is 29.9 Å². The highest BCUT2D eigenvalue weighted by Crippen LogP contribution is 2.64. The molecule has 1 saturated carbocycles. The highest BCUT2D eigenvalue weighted by atomic mass is 35.5. The van der Waals surface area contributed by atoms with Gasteiger partial charge in [0.25, 0.3) is 11.8 Å². The van der Waals surface area contributed by atoms with Crippen LogP contribution in [0.5, 0.6) is 11.5 Å². The minimum atomic E-state index is -1.45. The van der Waals surface area contributed by atoms with Gasteiger partial charge in [-0.1, -0.05) is 59.1 Å². The van der Waals surface area contributed by atoms with E-state index in [2.05, 4.69) is 5.43 Å². The summed E-state index contributed by atoms with van der Waals surface area (Å²) in [6, 6.07) is 18.4. The van der Waals surface area contributed by atoms with Crippen molar-refractivity contribution in [2.24, 2.45) is 23.7 Å².